The van der Waals surface area contributed by atoms with Crippen LogP contribution in [0.2, 0.25) is 0 Å². The molecule has 0 radical (unpaired) electrons. The molecule has 0 spiro atoms. The van der Waals surface area contributed by atoms with E-state index in [1.165, 1.54) is 12.1 Å². The molecule has 1 aromatic heterocycles. The van der Waals surface area contributed by atoms with E-state index in [0.717, 1.165) is 0 Å². The molecule has 0 aliphatic carbocycles. The van der Waals surface area contributed by atoms with Gasteiger partial charge in [-0.2, -0.15) is 5.10 Å². The van der Waals surface area contributed by atoms with Crippen LogP contribution in [0.3, 0.4) is 0 Å². The normalized spacial score (nSPS) is 11.7. The summed E-state index contributed by atoms with van der Waals surface area (Å²) in [6.45, 7) is 0.0337. The number of rotatable bonds is 5. The Balaban J connectivity index is 1.93. The minimum atomic E-state index is -0.845. The predicted octanol–water partition coefficient (Wildman–Crippen LogP) is 0.242. The van der Waals surface area contributed by atoms with Crippen LogP contribution in [0, 0.1) is 0 Å². The molecule has 1 heterocycles. The van der Waals surface area contributed by atoms with Crippen molar-refractivity contribution in [3.63, 3.8) is 0 Å². The summed E-state index contributed by atoms with van der Waals surface area (Å²) in [7, 11) is 1.56. The number of carbonyl (C=O) groups is 1. The molecule has 7 heteroatoms. The van der Waals surface area contributed by atoms with E-state index in [0.29, 0.717) is 11.3 Å². The highest BCUT2D eigenvalue weighted by molar-refractivity contribution is 5.91. The zero-order valence-corrected chi connectivity index (χ0v) is 11.4. The standard InChI is InChI=1S/C14H15N3O4/c1-21-10-4-2-9(3-5-10)12(18)8-15-14(20)11-6-7-13(19)17-16-11/h2-7,12,18H,8H2,1H3,(H,15,20)(H,17,19)/t12-/m0/s1. The molecule has 7 nitrogen and oxygen atoms in total. The van der Waals surface area contributed by atoms with Gasteiger partial charge in [-0.3, -0.25) is 9.59 Å². The van der Waals surface area contributed by atoms with Crippen molar-refractivity contribution in [2.75, 3.05) is 13.7 Å². The highest BCUT2D eigenvalue weighted by atomic mass is 16.5. The highest BCUT2D eigenvalue weighted by Crippen LogP contribution is 2.16. The molecule has 0 bridgehead atoms. The average molecular weight is 289 g/mol. The number of aromatic amines is 1. The second-order valence-electron chi connectivity index (χ2n) is 4.31. The third kappa shape index (κ3) is 3.90. The van der Waals surface area contributed by atoms with Crippen LogP contribution >= 0.6 is 0 Å². The smallest absolute Gasteiger partial charge is 0.271 e. The number of hydrogen-bond acceptors (Lipinski definition) is 5. The summed E-state index contributed by atoms with van der Waals surface area (Å²) < 4.78 is 5.03. The lowest BCUT2D eigenvalue weighted by molar-refractivity contribution is 0.0910. The maximum absolute atomic E-state index is 11.8. The van der Waals surface area contributed by atoms with Crippen molar-refractivity contribution >= 4 is 5.91 Å². The number of benzene rings is 1. The lowest BCUT2D eigenvalue weighted by Gasteiger charge is -2.12. The van der Waals surface area contributed by atoms with Crippen molar-refractivity contribution in [2.24, 2.45) is 0 Å². The monoisotopic (exact) mass is 289 g/mol. The molecule has 2 aromatic rings. The number of methoxy groups -OCH3 is 1. The van der Waals surface area contributed by atoms with Crippen LogP contribution in [0.4, 0.5) is 0 Å². The van der Waals surface area contributed by atoms with E-state index in [-0.39, 0.29) is 17.8 Å². The molecule has 2 rings (SSSR count). The second kappa shape index (κ2) is 6.67. The topological polar surface area (TPSA) is 104 Å². The Morgan fingerprint density at radius 3 is 2.62 bits per heavy atom. The molecule has 21 heavy (non-hydrogen) atoms. The van der Waals surface area contributed by atoms with Gasteiger partial charge in [0.15, 0.2) is 0 Å². The van der Waals surface area contributed by atoms with Crippen molar-refractivity contribution in [3.8, 4) is 5.75 Å². The van der Waals surface area contributed by atoms with Crippen LogP contribution in [0.1, 0.15) is 22.2 Å². The van der Waals surface area contributed by atoms with Crippen LogP contribution < -0.4 is 15.6 Å². The SMILES string of the molecule is COc1ccc([C@@H](O)CNC(=O)c2ccc(=O)[nH]n2)cc1. The van der Waals surface area contributed by atoms with E-state index >= 15 is 0 Å². The summed E-state index contributed by atoms with van der Waals surface area (Å²) in [5.41, 5.74) is 0.354. The summed E-state index contributed by atoms with van der Waals surface area (Å²) in [6.07, 6.45) is -0.845. The van der Waals surface area contributed by atoms with Crippen molar-refractivity contribution < 1.29 is 14.6 Å². The minimum absolute atomic E-state index is 0.0337. The molecule has 0 fully saturated rings. The first-order chi connectivity index (χ1) is 10.1. The maximum atomic E-state index is 11.8. The van der Waals surface area contributed by atoms with Gasteiger partial charge in [-0.15, -0.1) is 0 Å². The van der Waals surface area contributed by atoms with E-state index < -0.39 is 12.0 Å². The van der Waals surface area contributed by atoms with Gasteiger partial charge < -0.3 is 15.2 Å². The van der Waals surface area contributed by atoms with Gasteiger partial charge in [0.25, 0.3) is 11.5 Å². The maximum Gasteiger partial charge on any atom is 0.271 e. The Kier molecular flexibility index (Phi) is 4.68. The van der Waals surface area contributed by atoms with Crippen LogP contribution in [-0.2, 0) is 0 Å². The molecular formula is C14H15N3O4. The lowest BCUT2D eigenvalue weighted by Crippen LogP contribution is -2.29. The molecule has 1 amide bonds. The van der Waals surface area contributed by atoms with E-state index in [1.807, 2.05) is 0 Å². The molecule has 1 aromatic carbocycles. The van der Waals surface area contributed by atoms with Crippen LogP contribution in [0.5, 0.6) is 5.75 Å². The number of carbonyl (C=O) groups excluding carboxylic acids is 1. The van der Waals surface area contributed by atoms with Gasteiger partial charge >= 0.3 is 0 Å². The Morgan fingerprint density at radius 1 is 1.33 bits per heavy atom. The molecule has 0 aliphatic heterocycles. The van der Waals surface area contributed by atoms with Crippen LogP contribution in [0.15, 0.2) is 41.2 Å². The number of aliphatic hydroxyl groups is 1. The number of ether oxygens (including phenoxy) is 1. The van der Waals surface area contributed by atoms with Crippen molar-refractivity contribution in [1.82, 2.24) is 15.5 Å². The van der Waals surface area contributed by atoms with Crippen molar-refractivity contribution in [3.05, 3.63) is 58.0 Å². The molecular weight excluding hydrogens is 274 g/mol. The fourth-order valence-corrected chi connectivity index (χ4v) is 1.69. The van der Waals surface area contributed by atoms with Crippen molar-refractivity contribution in [2.45, 2.75) is 6.10 Å². The van der Waals surface area contributed by atoms with Crippen molar-refractivity contribution in [1.29, 1.82) is 0 Å². The number of aliphatic hydroxyl groups excluding tert-OH is 1. The van der Waals surface area contributed by atoms with Gasteiger partial charge in [0.05, 0.1) is 13.2 Å². The Bertz CT molecular complexity index is 646. The molecule has 110 valence electrons. The Morgan fingerprint density at radius 2 is 2.05 bits per heavy atom. The van der Waals surface area contributed by atoms with Crippen LogP contribution in [-0.4, -0.2) is 34.9 Å². The Labute approximate surface area is 120 Å². The Hall–Kier alpha value is -2.67. The fraction of sp³-hybridized carbons (Fsp3) is 0.214. The zero-order valence-electron chi connectivity index (χ0n) is 11.4. The summed E-state index contributed by atoms with van der Waals surface area (Å²) in [5, 5.41) is 18.3. The third-order valence-corrected chi connectivity index (χ3v) is 2.87. The molecule has 0 aliphatic rings. The number of hydrogen-bond donors (Lipinski definition) is 3. The number of amides is 1. The van der Waals surface area contributed by atoms with E-state index in [1.54, 1.807) is 31.4 Å². The predicted molar refractivity (Wildman–Crippen MR) is 75.1 cm³/mol. The summed E-state index contributed by atoms with van der Waals surface area (Å²) >= 11 is 0. The van der Waals surface area contributed by atoms with Gasteiger partial charge in [-0.1, -0.05) is 12.1 Å². The summed E-state index contributed by atoms with van der Waals surface area (Å²) in [4.78, 5) is 22.6. The van der Waals surface area contributed by atoms with Gasteiger partial charge in [0.1, 0.15) is 11.4 Å². The quantitative estimate of drug-likeness (QED) is 0.731. The molecule has 1 atom stereocenters. The first-order valence-corrected chi connectivity index (χ1v) is 6.26. The van der Waals surface area contributed by atoms with Gasteiger partial charge in [-0.25, -0.2) is 5.10 Å². The largest absolute Gasteiger partial charge is 0.497 e. The summed E-state index contributed by atoms with van der Waals surface area (Å²) in [5.74, 6) is 0.214. The second-order valence-corrected chi connectivity index (χ2v) is 4.31. The van der Waals surface area contributed by atoms with Gasteiger partial charge in [0, 0.05) is 12.6 Å². The van der Waals surface area contributed by atoms with Gasteiger partial charge in [0.2, 0.25) is 0 Å². The number of nitrogens with zero attached hydrogens (tertiary/aromatic N) is 1. The third-order valence-electron chi connectivity index (χ3n) is 2.87. The lowest BCUT2D eigenvalue weighted by atomic mass is 10.1. The van der Waals surface area contributed by atoms with Gasteiger partial charge in [-0.05, 0) is 23.8 Å². The number of aromatic nitrogens is 2. The van der Waals surface area contributed by atoms with E-state index in [4.69, 9.17) is 4.74 Å². The molecule has 0 unspecified atom stereocenters. The first kappa shape index (κ1) is 14.7. The molecule has 0 saturated heterocycles. The number of H-pyrrole nitrogens is 1. The zero-order chi connectivity index (χ0) is 15.2. The van der Waals surface area contributed by atoms with E-state index in [2.05, 4.69) is 15.5 Å². The minimum Gasteiger partial charge on any atom is -0.497 e. The highest BCUT2D eigenvalue weighted by Gasteiger charge is 2.12. The van der Waals surface area contributed by atoms with E-state index in [9.17, 15) is 14.7 Å². The molecule has 3 N–H and O–H groups in total. The molecule has 0 saturated carbocycles. The fourth-order valence-electron chi connectivity index (χ4n) is 1.69. The van der Waals surface area contributed by atoms with Crippen LogP contribution in [0.25, 0.3) is 0 Å². The summed E-state index contributed by atoms with van der Waals surface area (Å²) in [6, 6.07) is 9.41. The average Bonchev–Trinajstić information content (AvgIpc) is 2.53. The number of nitrogens with one attached hydrogen (secondary N) is 2. The first-order valence-electron chi connectivity index (χ1n) is 6.26.